The molecular formula is C23H23BrN4O5S. The van der Waals surface area contributed by atoms with Crippen LogP contribution < -0.4 is 11.1 Å². The number of sulfonamides is 1. The van der Waals surface area contributed by atoms with Crippen LogP contribution in [0.25, 0.3) is 10.9 Å². The van der Waals surface area contributed by atoms with E-state index in [1.807, 2.05) is 30.3 Å². The van der Waals surface area contributed by atoms with Gasteiger partial charge in [-0.25, -0.2) is 8.42 Å². The second-order valence-electron chi connectivity index (χ2n) is 8.54. The van der Waals surface area contributed by atoms with Crippen LogP contribution in [0, 0.1) is 0 Å². The summed E-state index contributed by atoms with van der Waals surface area (Å²) in [7, 11) is -4.16. The Hall–Kier alpha value is -2.73. The molecule has 5 rings (SSSR count). The molecular weight excluding hydrogens is 524 g/mol. The van der Waals surface area contributed by atoms with Crippen molar-refractivity contribution in [1.82, 2.24) is 14.6 Å². The quantitative estimate of drug-likeness (QED) is 0.435. The molecule has 2 aromatic carbocycles. The second kappa shape index (κ2) is 8.49. The molecule has 11 heteroatoms. The number of rotatable bonds is 6. The van der Waals surface area contributed by atoms with Gasteiger partial charge in [0, 0.05) is 28.5 Å². The number of benzene rings is 2. The van der Waals surface area contributed by atoms with Crippen LogP contribution in [0.3, 0.4) is 0 Å². The Labute approximate surface area is 204 Å². The van der Waals surface area contributed by atoms with Crippen molar-refractivity contribution >= 4 is 48.7 Å². The summed E-state index contributed by atoms with van der Waals surface area (Å²) in [6.45, 7) is -0.0691. The number of aromatic amines is 1. The largest absolute Gasteiger partial charge is 0.366 e. The topological polar surface area (TPSA) is 135 Å². The molecule has 0 radical (unpaired) electrons. The van der Waals surface area contributed by atoms with Gasteiger partial charge in [-0.05, 0) is 36.6 Å². The fourth-order valence-electron chi connectivity index (χ4n) is 4.40. The number of fused-ring (bicyclic) bond motifs is 1. The number of carbonyl (C=O) groups excluding carboxylic acids is 2. The molecule has 4 N–H and O–H groups in total. The number of nitrogens with zero attached hydrogens (tertiary/aromatic N) is 1. The van der Waals surface area contributed by atoms with Gasteiger partial charge >= 0.3 is 0 Å². The van der Waals surface area contributed by atoms with Gasteiger partial charge in [-0.15, -0.1) is 0 Å². The summed E-state index contributed by atoms with van der Waals surface area (Å²) in [5.41, 5.74) is 6.35. The van der Waals surface area contributed by atoms with Crippen LogP contribution in [0.4, 0.5) is 0 Å². The predicted molar refractivity (Wildman–Crippen MR) is 129 cm³/mol. The Balaban J connectivity index is 1.42. The van der Waals surface area contributed by atoms with Crippen molar-refractivity contribution in [3.8, 4) is 0 Å². The molecule has 2 aliphatic rings. The number of hydrogen-bond acceptors (Lipinski definition) is 5. The molecule has 9 nitrogen and oxygen atoms in total. The first-order valence-corrected chi connectivity index (χ1v) is 13.0. The smallest absolute Gasteiger partial charge is 0.266 e. The maximum Gasteiger partial charge on any atom is 0.266 e. The Bertz CT molecular complexity index is 1390. The van der Waals surface area contributed by atoms with Gasteiger partial charge in [0.1, 0.15) is 16.7 Å². The maximum absolute atomic E-state index is 13.7. The van der Waals surface area contributed by atoms with Gasteiger partial charge < -0.3 is 20.8 Å². The highest BCUT2D eigenvalue weighted by Gasteiger charge is 2.47. The highest BCUT2D eigenvalue weighted by atomic mass is 79.9. The molecule has 0 bridgehead atoms. The first-order valence-electron chi connectivity index (χ1n) is 10.8. The van der Waals surface area contributed by atoms with Crippen molar-refractivity contribution in [2.24, 2.45) is 5.73 Å². The minimum atomic E-state index is -4.16. The molecule has 1 saturated heterocycles. The molecule has 1 atom stereocenters. The average Bonchev–Trinajstić information content (AvgIpc) is 3.50. The van der Waals surface area contributed by atoms with Gasteiger partial charge in [-0.2, -0.15) is 4.31 Å². The van der Waals surface area contributed by atoms with Crippen LogP contribution in [0.5, 0.6) is 0 Å². The highest BCUT2D eigenvalue weighted by molar-refractivity contribution is 9.10. The van der Waals surface area contributed by atoms with Crippen LogP contribution in [0.2, 0.25) is 0 Å². The van der Waals surface area contributed by atoms with Crippen LogP contribution in [0.15, 0.2) is 57.9 Å². The fourth-order valence-corrected chi connectivity index (χ4v) is 6.52. The molecule has 1 aliphatic heterocycles. The Morgan fingerprint density at radius 2 is 1.91 bits per heavy atom. The maximum atomic E-state index is 13.7. The molecule has 1 aliphatic carbocycles. The molecule has 34 heavy (non-hydrogen) atoms. The van der Waals surface area contributed by atoms with Gasteiger partial charge in [0.2, 0.25) is 10.0 Å². The second-order valence-corrected chi connectivity index (χ2v) is 11.3. The van der Waals surface area contributed by atoms with Crippen LogP contribution in [-0.2, 0) is 25.1 Å². The van der Waals surface area contributed by atoms with Crippen molar-refractivity contribution in [3.63, 3.8) is 0 Å². The zero-order valence-corrected chi connectivity index (χ0v) is 20.5. The summed E-state index contributed by atoms with van der Waals surface area (Å²) in [6, 6.07) is 14.7. The average molecular weight is 547 g/mol. The minimum Gasteiger partial charge on any atom is -0.366 e. The number of morpholine rings is 1. The first kappa shape index (κ1) is 23.0. The molecule has 2 heterocycles. The van der Waals surface area contributed by atoms with E-state index < -0.39 is 27.6 Å². The predicted octanol–water partition coefficient (Wildman–Crippen LogP) is 2.22. The van der Waals surface area contributed by atoms with Crippen LogP contribution >= 0.6 is 15.9 Å². The Morgan fingerprint density at radius 3 is 2.59 bits per heavy atom. The molecule has 2 fully saturated rings. The SMILES string of the molecule is NC(=O)c1[nH]c2ccc(Br)cc2c1S(=O)(=O)N1CCOC(C(=O)NC2(c3ccccc3)CC2)C1. The molecule has 0 spiro atoms. The zero-order valence-electron chi connectivity index (χ0n) is 18.1. The first-order chi connectivity index (χ1) is 16.2. The van der Waals surface area contributed by atoms with E-state index in [0.717, 1.165) is 18.4 Å². The van der Waals surface area contributed by atoms with Crippen molar-refractivity contribution < 1.29 is 22.7 Å². The lowest BCUT2D eigenvalue weighted by atomic mass is 10.0. The summed E-state index contributed by atoms with van der Waals surface area (Å²) >= 11 is 3.35. The number of H-pyrrole nitrogens is 1. The van der Waals surface area contributed by atoms with E-state index in [0.29, 0.717) is 15.4 Å². The number of nitrogens with one attached hydrogen (secondary N) is 2. The fraction of sp³-hybridized carbons (Fsp3) is 0.304. The van der Waals surface area contributed by atoms with Crippen LogP contribution in [-0.4, -0.2) is 55.3 Å². The normalized spacial score (nSPS) is 20.2. The lowest BCUT2D eigenvalue weighted by molar-refractivity contribution is -0.137. The number of hydrogen-bond donors (Lipinski definition) is 3. The van der Waals surface area contributed by atoms with E-state index in [2.05, 4.69) is 26.2 Å². The van der Waals surface area contributed by atoms with Gasteiger partial charge in [0.15, 0.2) is 0 Å². The number of halogens is 1. The lowest BCUT2D eigenvalue weighted by Crippen LogP contribution is -2.53. The number of aromatic nitrogens is 1. The minimum absolute atomic E-state index is 0.0492. The van der Waals surface area contributed by atoms with E-state index in [4.69, 9.17) is 10.5 Å². The van der Waals surface area contributed by atoms with Crippen molar-refractivity contribution in [2.45, 2.75) is 29.4 Å². The Kier molecular flexibility index (Phi) is 5.75. The van der Waals surface area contributed by atoms with Gasteiger partial charge in [-0.3, -0.25) is 9.59 Å². The van der Waals surface area contributed by atoms with Crippen molar-refractivity contribution in [3.05, 3.63) is 64.3 Å². The number of amides is 2. The number of ether oxygens (including phenoxy) is 1. The van der Waals surface area contributed by atoms with E-state index in [9.17, 15) is 18.0 Å². The van der Waals surface area contributed by atoms with Crippen LogP contribution in [0.1, 0.15) is 28.9 Å². The van der Waals surface area contributed by atoms with E-state index in [-0.39, 0.29) is 36.2 Å². The summed E-state index contributed by atoms with van der Waals surface area (Å²) < 4.78 is 34.8. The highest BCUT2D eigenvalue weighted by Crippen LogP contribution is 2.45. The van der Waals surface area contributed by atoms with Crippen molar-refractivity contribution in [1.29, 1.82) is 0 Å². The van der Waals surface area contributed by atoms with Gasteiger partial charge in [-0.1, -0.05) is 46.3 Å². The van der Waals surface area contributed by atoms with E-state index in [1.165, 1.54) is 4.31 Å². The number of nitrogens with two attached hydrogens (primary N) is 1. The molecule has 1 aromatic heterocycles. The number of primary amides is 1. The third-order valence-corrected chi connectivity index (χ3v) is 8.76. The van der Waals surface area contributed by atoms with E-state index >= 15 is 0 Å². The van der Waals surface area contributed by atoms with Gasteiger partial charge in [0.05, 0.1) is 12.1 Å². The zero-order chi connectivity index (χ0) is 24.1. The Morgan fingerprint density at radius 1 is 1.18 bits per heavy atom. The molecule has 2 amide bonds. The third-order valence-electron chi connectivity index (χ3n) is 6.32. The molecule has 1 saturated carbocycles. The summed E-state index contributed by atoms with van der Waals surface area (Å²) in [6.07, 6.45) is 0.645. The lowest BCUT2D eigenvalue weighted by Gasteiger charge is -2.32. The standard InChI is InChI=1S/C23H23BrN4O5S/c24-15-6-7-17-16(12-15)20(19(26-17)21(25)29)34(31,32)28-10-11-33-18(13-28)22(30)27-23(8-9-23)14-4-2-1-3-5-14/h1-7,12,18,26H,8-11,13H2,(H2,25,29)(H,27,30). The van der Waals surface area contributed by atoms with E-state index in [1.54, 1.807) is 18.2 Å². The number of carbonyl (C=O) groups is 2. The molecule has 1 unspecified atom stereocenters. The third kappa shape index (κ3) is 4.02. The monoisotopic (exact) mass is 546 g/mol. The molecule has 3 aromatic rings. The summed E-state index contributed by atoms with van der Waals surface area (Å²) in [5.74, 6) is -1.25. The summed E-state index contributed by atoms with van der Waals surface area (Å²) in [5, 5.41) is 3.40. The molecule has 178 valence electrons. The van der Waals surface area contributed by atoms with Crippen molar-refractivity contribution in [2.75, 3.05) is 19.7 Å². The van der Waals surface area contributed by atoms with Gasteiger partial charge in [0.25, 0.3) is 11.8 Å². The summed E-state index contributed by atoms with van der Waals surface area (Å²) in [4.78, 5) is 27.8.